The Labute approximate surface area is 144 Å². The van der Waals surface area contributed by atoms with Crippen LogP contribution in [0.25, 0.3) is 0 Å². The first-order valence-corrected chi connectivity index (χ1v) is 9.83. The van der Waals surface area contributed by atoms with Crippen LogP contribution in [-0.4, -0.2) is 47.6 Å². The van der Waals surface area contributed by atoms with Crippen LogP contribution in [0.5, 0.6) is 0 Å². The molecule has 4 fully saturated rings. The van der Waals surface area contributed by atoms with Crippen molar-refractivity contribution in [2.24, 2.45) is 23.2 Å². The Morgan fingerprint density at radius 2 is 1.79 bits per heavy atom. The fourth-order valence-electron chi connectivity index (χ4n) is 5.35. The van der Waals surface area contributed by atoms with Gasteiger partial charge < -0.3 is 15.3 Å². The lowest BCUT2D eigenvalue weighted by molar-refractivity contribution is -0.150. The zero-order chi connectivity index (χ0) is 16.7. The molecule has 5 heteroatoms. The van der Waals surface area contributed by atoms with E-state index in [0.717, 1.165) is 44.8 Å². The highest BCUT2D eigenvalue weighted by molar-refractivity contribution is 5.88. The fraction of sp³-hybridized carbons (Fsp3) is 0.895. The second kappa shape index (κ2) is 6.32. The Morgan fingerprint density at radius 1 is 1.04 bits per heavy atom. The van der Waals surface area contributed by atoms with Crippen LogP contribution in [0.3, 0.4) is 0 Å². The summed E-state index contributed by atoms with van der Waals surface area (Å²) >= 11 is 0. The van der Waals surface area contributed by atoms with Crippen molar-refractivity contribution >= 4 is 11.9 Å². The van der Waals surface area contributed by atoms with Gasteiger partial charge in [0.25, 0.3) is 0 Å². The first-order valence-electron chi connectivity index (χ1n) is 9.83. The van der Waals surface area contributed by atoms with Crippen molar-refractivity contribution in [3.63, 3.8) is 0 Å². The van der Waals surface area contributed by atoms with E-state index in [-0.39, 0.29) is 11.3 Å². The molecule has 1 amide bonds. The SMILES string of the molecule is O=C(O)C1CC2(CC2)CNC1C(=O)N1CCC(C2CCCCC2)C1. The van der Waals surface area contributed by atoms with E-state index < -0.39 is 17.9 Å². The van der Waals surface area contributed by atoms with E-state index in [9.17, 15) is 14.7 Å². The second-order valence-electron chi connectivity index (χ2n) is 8.74. The first kappa shape index (κ1) is 16.4. The lowest BCUT2D eigenvalue weighted by atomic mass is 9.79. The number of rotatable bonds is 3. The molecule has 4 rings (SSSR count). The standard InChI is InChI=1S/C19H30N2O3/c22-17(16-15(18(23)24)10-19(7-8-19)12-20-16)21-9-6-14(11-21)13-4-2-1-3-5-13/h13-16,20H,1-12H2,(H,23,24). The molecule has 0 aromatic rings. The van der Waals surface area contributed by atoms with Gasteiger partial charge in [0.2, 0.25) is 5.91 Å². The highest BCUT2D eigenvalue weighted by Gasteiger charge is 2.53. The number of carboxylic acids is 1. The zero-order valence-electron chi connectivity index (χ0n) is 14.5. The lowest BCUT2D eigenvalue weighted by Crippen LogP contribution is -2.57. The maximum atomic E-state index is 13.0. The van der Waals surface area contributed by atoms with Crippen molar-refractivity contribution in [3.05, 3.63) is 0 Å². The van der Waals surface area contributed by atoms with Gasteiger partial charge in [0, 0.05) is 19.6 Å². The highest BCUT2D eigenvalue weighted by atomic mass is 16.4. The fourth-order valence-corrected chi connectivity index (χ4v) is 5.35. The molecule has 2 N–H and O–H groups in total. The molecule has 2 saturated carbocycles. The quantitative estimate of drug-likeness (QED) is 0.831. The van der Waals surface area contributed by atoms with Crippen molar-refractivity contribution in [2.75, 3.05) is 19.6 Å². The number of likely N-dealkylation sites (tertiary alicyclic amines) is 1. The Hall–Kier alpha value is -1.10. The van der Waals surface area contributed by atoms with E-state index in [2.05, 4.69) is 5.32 Å². The average molecular weight is 334 g/mol. The zero-order valence-corrected chi connectivity index (χ0v) is 14.5. The number of piperidine rings is 1. The van der Waals surface area contributed by atoms with Crippen LogP contribution in [0.1, 0.15) is 57.8 Å². The van der Waals surface area contributed by atoms with Gasteiger partial charge in [-0.3, -0.25) is 9.59 Å². The lowest BCUT2D eigenvalue weighted by Gasteiger charge is -2.36. The third kappa shape index (κ3) is 3.07. The minimum Gasteiger partial charge on any atom is -0.481 e. The van der Waals surface area contributed by atoms with Gasteiger partial charge in [0.05, 0.1) is 5.92 Å². The van der Waals surface area contributed by atoms with Crippen molar-refractivity contribution in [1.82, 2.24) is 10.2 Å². The number of carbonyl (C=O) groups excluding carboxylic acids is 1. The number of hydrogen-bond acceptors (Lipinski definition) is 3. The summed E-state index contributed by atoms with van der Waals surface area (Å²) in [5.41, 5.74) is 0.176. The van der Waals surface area contributed by atoms with Crippen LogP contribution in [0.15, 0.2) is 0 Å². The molecule has 0 bridgehead atoms. The Morgan fingerprint density at radius 3 is 2.46 bits per heavy atom. The number of nitrogens with zero attached hydrogens (tertiary/aromatic N) is 1. The Balaban J connectivity index is 1.38. The van der Waals surface area contributed by atoms with Crippen LogP contribution in [0.2, 0.25) is 0 Å². The van der Waals surface area contributed by atoms with Crippen LogP contribution in [0, 0.1) is 23.2 Å². The number of carbonyl (C=O) groups is 2. The van der Waals surface area contributed by atoms with E-state index >= 15 is 0 Å². The molecular weight excluding hydrogens is 304 g/mol. The van der Waals surface area contributed by atoms with Crippen molar-refractivity contribution in [3.8, 4) is 0 Å². The number of aliphatic carboxylic acids is 1. The van der Waals surface area contributed by atoms with Gasteiger partial charge in [0.1, 0.15) is 6.04 Å². The molecule has 0 aromatic heterocycles. The molecule has 3 unspecified atom stereocenters. The predicted molar refractivity (Wildman–Crippen MR) is 90.5 cm³/mol. The van der Waals surface area contributed by atoms with Crippen molar-refractivity contribution < 1.29 is 14.7 Å². The van der Waals surface area contributed by atoms with Crippen LogP contribution >= 0.6 is 0 Å². The maximum Gasteiger partial charge on any atom is 0.308 e. The minimum absolute atomic E-state index is 0.0382. The molecule has 2 saturated heterocycles. The number of hydrogen-bond donors (Lipinski definition) is 2. The van der Waals surface area contributed by atoms with E-state index in [1.807, 2.05) is 4.90 Å². The van der Waals surface area contributed by atoms with Gasteiger partial charge in [0.15, 0.2) is 0 Å². The van der Waals surface area contributed by atoms with E-state index in [4.69, 9.17) is 0 Å². The molecular formula is C19H30N2O3. The molecule has 5 nitrogen and oxygen atoms in total. The van der Waals surface area contributed by atoms with Gasteiger partial charge in [-0.2, -0.15) is 0 Å². The third-order valence-electron chi connectivity index (χ3n) is 7.15. The summed E-state index contributed by atoms with van der Waals surface area (Å²) < 4.78 is 0. The topological polar surface area (TPSA) is 69.6 Å². The van der Waals surface area contributed by atoms with E-state index in [1.54, 1.807) is 0 Å². The molecule has 2 heterocycles. The van der Waals surface area contributed by atoms with Crippen molar-refractivity contribution in [2.45, 2.75) is 63.8 Å². The molecule has 134 valence electrons. The molecule has 0 radical (unpaired) electrons. The average Bonchev–Trinajstić information content (AvgIpc) is 3.16. The monoisotopic (exact) mass is 334 g/mol. The molecule has 0 aromatic carbocycles. The van der Waals surface area contributed by atoms with Crippen LogP contribution < -0.4 is 5.32 Å². The minimum atomic E-state index is -0.810. The van der Waals surface area contributed by atoms with E-state index in [0.29, 0.717) is 12.3 Å². The van der Waals surface area contributed by atoms with E-state index in [1.165, 1.54) is 32.1 Å². The Kier molecular flexibility index (Phi) is 4.31. The second-order valence-corrected chi connectivity index (χ2v) is 8.74. The molecule has 1 spiro atoms. The summed E-state index contributed by atoms with van der Waals surface area (Å²) in [7, 11) is 0. The molecule has 3 atom stereocenters. The summed E-state index contributed by atoms with van der Waals surface area (Å²) in [6.45, 7) is 2.47. The van der Waals surface area contributed by atoms with Crippen LogP contribution in [-0.2, 0) is 9.59 Å². The Bertz CT molecular complexity index is 511. The molecule has 2 aliphatic carbocycles. The van der Waals surface area contributed by atoms with Crippen molar-refractivity contribution in [1.29, 1.82) is 0 Å². The van der Waals surface area contributed by atoms with Gasteiger partial charge in [-0.05, 0) is 42.9 Å². The van der Waals surface area contributed by atoms with Gasteiger partial charge >= 0.3 is 5.97 Å². The van der Waals surface area contributed by atoms with Gasteiger partial charge in [-0.15, -0.1) is 0 Å². The van der Waals surface area contributed by atoms with Crippen LogP contribution in [0.4, 0.5) is 0 Å². The predicted octanol–water partition coefficient (Wildman–Crippen LogP) is 2.26. The molecule has 24 heavy (non-hydrogen) atoms. The highest BCUT2D eigenvalue weighted by Crippen LogP contribution is 2.52. The number of amides is 1. The first-order chi connectivity index (χ1) is 11.6. The van der Waals surface area contributed by atoms with Gasteiger partial charge in [-0.1, -0.05) is 32.1 Å². The summed E-state index contributed by atoms with van der Waals surface area (Å²) in [6, 6.07) is -0.515. The normalized spacial score (nSPS) is 36.0. The smallest absolute Gasteiger partial charge is 0.308 e. The molecule has 2 aliphatic heterocycles. The number of nitrogens with one attached hydrogen (secondary N) is 1. The summed E-state index contributed by atoms with van der Waals surface area (Å²) in [6.07, 6.45) is 10.7. The summed E-state index contributed by atoms with van der Waals surface area (Å²) in [5, 5.41) is 12.9. The maximum absolute atomic E-state index is 13.0. The number of carboxylic acid groups (broad SMARTS) is 1. The van der Waals surface area contributed by atoms with Gasteiger partial charge in [-0.25, -0.2) is 0 Å². The largest absolute Gasteiger partial charge is 0.481 e. The summed E-state index contributed by atoms with van der Waals surface area (Å²) in [4.78, 5) is 26.6. The summed E-state index contributed by atoms with van der Waals surface area (Å²) in [5.74, 6) is 0.0882. The third-order valence-corrected chi connectivity index (χ3v) is 7.15. The molecule has 4 aliphatic rings.